The Morgan fingerprint density at radius 2 is 1.27 bits per heavy atom. The Morgan fingerprint density at radius 3 is 1.73 bits per heavy atom. The minimum atomic E-state index is 0.0760. The number of unbranched alkanes of at least 4 members (excludes halogenated alkanes) is 9. The minimum Gasteiger partial charge on any atom is -0.350 e. The van der Waals surface area contributed by atoms with Crippen LogP contribution in [0.15, 0.2) is 12.2 Å². The van der Waals surface area contributed by atoms with E-state index in [4.69, 9.17) is 0 Å². The minimum absolute atomic E-state index is 0.0760. The smallest absolute Gasteiger partial charge is 0.243 e. The quantitative estimate of drug-likeness (QED) is 0.285. The van der Waals surface area contributed by atoms with Gasteiger partial charge in [-0.2, -0.15) is 0 Å². The molecule has 0 aliphatic rings. The summed E-state index contributed by atoms with van der Waals surface area (Å²) in [6.07, 6.45) is 20.2. The summed E-state index contributed by atoms with van der Waals surface area (Å²) in [7, 11) is 0. The Balaban J connectivity index is 3.92. The van der Waals surface area contributed by atoms with Gasteiger partial charge in [-0.1, -0.05) is 90.6 Å². The molecule has 0 heterocycles. The molecule has 1 unspecified atom stereocenters. The largest absolute Gasteiger partial charge is 0.350 e. The molecule has 1 amide bonds. The van der Waals surface area contributed by atoms with Crippen LogP contribution in [0.2, 0.25) is 0 Å². The van der Waals surface area contributed by atoms with Gasteiger partial charge >= 0.3 is 0 Å². The standard InChI is InChI=1S/C20H39NO/c1-4-7-9-11-13-15-18-19(21-20(22)16-6-3)17-14-12-10-8-5-2/h6,16,19H,4-5,7-15,17-18H2,1-3H3,(H,21,22)/b16-6+. The third-order valence-corrected chi connectivity index (χ3v) is 4.23. The molecule has 0 rings (SSSR count). The van der Waals surface area contributed by atoms with Gasteiger partial charge in [-0.25, -0.2) is 0 Å². The van der Waals surface area contributed by atoms with Crippen molar-refractivity contribution in [3.63, 3.8) is 0 Å². The van der Waals surface area contributed by atoms with Crippen molar-refractivity contribution in [1.29, 1.82) is 0 Å². The van der Waals surface area contributed by atoms with Crippen molar-refractivity contribution in [1.82, 2.24) is 5.32 Å². The number of carbonyl (C=O) groups excluding carboxylic acids is 1. The normalized spacial score (nSPS) is 12.7. The topological polar surface area (TPSA) is 29.1 Å². The van der Waals surface area contributed by atoms with E-state index in [0.717, 1.165) is 12.8 Å². The van der Waals surface area contributed by atoms with Gasteiger partial charge in [-0.05, 0) is 25.8 Å². The Kier molecular flexibility index (Phi) is 16.0. The zero-order valence-corrected chi connectivity index (χ0v) is 15.3. The Hall–Kier alpha value is -0.790. The molecular formula is C20H39NO. The predicted octanol–water partition coefficient (Wildman–Crippen LogP) is 6.16. The first-order valence-electron chi connectivity index (χ1n) is 9.67. The van der Waals surface area contributed by atoms with E-state index >= 15 is 0 Å². The highest BCUT2D eigenvalue weighted by molar-refractivity contribution is 5.87. The summed E-state index contributed by atoms with van der Waals surface area (Å²) in [6.45, 7) is 6.40. The van der Waals surface area contributed by atoms with Gasteiger partial charge in [0.25, 0.3) is 0 Å². The number of hydrogen-bond acceptors (Lipinski definition) is 1. The lowest BCUT2D eigenvalue weighted by Crippen LogP contribution is -2.33. The average Bonchev–Trinajstić information content (AvgIpc) is 2.50. The summed E-state index contributed by atoms with van der Waals surface area (Å²) in [5.41, 5.74) is 0. The van der Waals surface area contributed by atoms with Gasteiger partial charge in [-0.3, -0.25) is 4.79 Å². The SMILES string of the molecule is C/C=C/C(=O)NC(CCCCCCC)CCCCCCCC. The highest BCUT2D eigenvalue weighted by atomic mass is 16.1. The molecular weight excluding hydrogens is 270 g/mol. The maximum atomic E-state index is 11.8. The molecule has 2 heteroatoms. The number of nitrogens with one attached hydrogen (secondary N) is 1. The molecule has 0 saturated heterocycles. The van der Waals surface area contributed by atoms with E-state index < -0.39 is 0 Å². The zero-order valence-electron chi connectivity index (χ0n) is 15.3. The first kappa shape index (κ1) is 21.2. The van der Waals surface area contributed by atoms with E-state index in [1.807, 2.05) is 13.0 Å². The molecule has 0 aromatic heterocycles. The number of carbonyl (C=O) groups is 1. The van der Waals surface area contributed by atoms with Gasteiger partial charge < -0.3 is 5.32 Å². The molecule has 130 valence electrons. The second-order valence-electron chi connectivity index (χ2n) is 6.46. The zero-order chi connectivity index (χ0) is 16.5. The van der Waals surface area contributed by atoms with Crippen LogP contribution in [0.25, 0.3) is 0 Å². The van der Waals surface area contributed by atoms with Gasteiger partial charge in [0.2, 0.25) is 5.91 Å². The van der Waals surface area contributed by atoms with E-state index in [-0.39, 0.29) is 5.91 Å². The Labute approximate surface area is 139 Å². The molecule has 0 aliphatic carbocycles. The molecule has 1 atom stereocenters. The molecule has 0 radical (unpaired) electrons. The van der Waals surface area contributed by atoms with Gasteiger partial charge in [0.05, 0.1) is 0 Å². The molecule has 22 heavy (non-hydrogen) atoms. The molecule has 0 aliphatic heterocycles. The summed E-state index contributed by atoms with van der Waals surface area (Å²) in [5.74, 6) is 0.0760. The van der Waals surface area contributed by atoms with Crippen molar-refractivity contribution in [3.8, 4) is 0 Å². The molecule has 0 spiro atoms. The summed E-state index contributed by atoms with van der Waals surface area (Å²) < 4.78 is 0. The van der Waals surface area contributed by atoms with Crippen LogP contribution in [0.5, 0.6) is 0 Å². The van der Waals surface area contributed by atoms with Gasteiger partial charge in [0.15, 0.2) is 0 Å². The van der Waals surface area contributed by atoms with Crippen molar-refractivity contribution in [2.45, 2.75) is 110 Å². The summed E-state index contributed by atoms with van der Waals surface area (Å²) in [6, 6.07) is 0.372. The summed E-state index contributed by atoms with van der Waals surface area (Å²) in [5, 5.41) is 3.19. The van der Waals surface area contributed by atoms with Gasteiger partial charge in [-0.15, -0.1) is 0 Å². The third kappa shape index (κ3) is 14.2. The summed E-state index contributed by atoms with van der Waals surface area (Å²) >= 11 is 0. The number of rotatable bonds is 15. The molecule has 0 aromatic carbocycles. The van der Waals surface area contributed by atoms with Crippen LogP contribution in [0.4, 0.5) is 0 Å². The second-order valence-corrected chi connectivity index (χ2v) is 6.46. The number of amides is 1. The highest BCUT2D eigenvalue weighted by Gasteiger charge is 2.10. The Morgan fingerprint density at radius 1 is 0.818 bits per heavy atom. The van der Waals surface area contributed by atoms with Crippen LogP contribution in [0.1, 0.15) is 104 Å². The maximum absolute atomic E-state index is 11.8. The van der Waals surface area contributed by atoms with Crippen LogP contribution in [0.3, 0.4) is 0 Å². The molecule has 0 saturated carbocycles. The van der Waals surface area contributed by atoms with Crippen LogP contribution in [-0.4, -0.2) is 11.9 Å². The average molecular weight is 310 g/mol. The van der Waals surface area contributed by atoms with E-state index in [9.17, 15) is 4.79 Å². The lowest BCUT2D eigenvalue weighted by molar-refractivity contribution is -0.117. The lowest BCUT2D eigenvalue weighted by Gasteiger charge is -2.18. The molecule has 2 nitrogen and oxygen atoms in total. The van der Waals surface area contributed by atoms with Crippen LogP contribution >= 0.6 is 0 Å². The first-order chi connectivity index (χ1) is 10.7. The fraction of sp³-hybridized carbons (Fsp3) is 0.850. The lowest BCUT2D eigenvalue weighted by atomic mass is 10.00. The van der Waals surface area contributed by atoms with Crippen LogP contribution in [0, 0.1) is 0 Å². The molecule has 0 bridgehead atoms. The number of allylic oxidation sites excluding steroid dienone is 1. The fourth-order valence-corrected chi connectivity index (χ4v) is 2.85. The molecule has 1 N–H and O–H groups in total. The Bertz CT molecular complexity index is 273. The van der Waals surface area contributed by atoms with E-state index in [1.54, 1.807) is 6.08 Å². The third-order valence-electron chi connectivity index (χ3n) is 4.23. The van der Waals surface area contributed by atoms with Crippen molar-refractivity contribution >= 4 is 5.91 Å². The van der Waals surface area contributed by atoms with E-state index in [1.165, 1.54) is 70.6 Å². The summed E-state index contributed by atoms with van der Waals surface area (Å²) in [4.78, 5) is 11.8. The molecule has 0 fully saturated rings. The first-order valence-corrected chi connectivity index (χ1v) is 9.67. The molecule has 0 aromatic rings. The van der Waals surface area contributed by atoms with Crippen molar-refractivity contribution in [2.24, 2.45) is 0 Å². The number of hydrogen-bond donors (Lipinski definition) is 1. The second kappa shape index (κ2) is 16.6. The van der Waals surface area contributed by atoms with Crippen molar-refractivity contribution in [3.05, 3.63) is 12.2 Å². The van der Waals surface area contributed by atoms with Crippen molar-refractivity contribution < 1.29 is 4.79 Å². The van der Waals surface area contributed by atoms with Crippen LogP contribution in [-0.2, 0) is 4.79 Å². The fourth-order valence-electron chi connectivity index (χ4n) is 2.85. The van der Waals surface area contributed by atoms with Gasteiger partial charge in [0.1, 0.15) is 0 Å². The monoisotopic (exact) mass is 309 g/mol. The maximum Gasteiger partial charge on any atom is 0.243 e. The highest BCUT2D eigenvalue weighted by Crippen LogP contribution is 2.14. The van der Waals surface area contributed by atoms with Gasteiger partial charge in [0, 0.05) is 6.04 Å². The van der Waals surface area contributed by atoms with E-state index in [2.05, 4.69) is 19.2 Å². The predicted molar refractivity (Wildman–Crippen MR) is 98.1 cm³/mol. The van der Waals surface area contributed by atoms with E-state index in [0.29, 0.717) is 6.04 Å². The van der Waals surface area contributed by atoms with Crippen LogP contribution < -0.4 is 5.32 Å². The van der Waals surface area contributed by atoms with Crippen molar-refractivity contribution in [2.75, 3.05) is 0 Å².